The summed E-state index contributed by atoms with van der Waals surface area (Å²) in [6, 6.07) is 6.17. The Kier molecular flexibility index (Phi) is 3.78. The van der Waals surface area contributed by atoms with Crippen LogP contribution in [0.4, 0.5) is 5.69 Å². The van der Waals surface area contributed by atoms with Gasteiger partial charge in [-0.3, -0.25) is 4.79 Å². The fourth-order valence-electron chi connectivity index (χ4n) is 1.34. The number of amides is 1. The van der Waals surface area contributed by atoms with Gasteiger partial charge in [-0.15, -0.1) is 0 Å². The SMILES string of the molecule is O=C(O)c1ccc(Br)c(NC(=O)c2ccsc2)c1. The first kappa shape index (κ1) is 12.8. The van der Waals surface area contributed by atoms with Crippen molar-refractivity contribution in [2.45, 2.75) is 0 Å². The highest BCUT2D eigenvalue weighted by Crippen LogP contribution is 2.24. The summed E-state index contributed by atoms with van der Waals surface area (Å²) < 4.78 is 0.635. The third-order valence-electron chi connectivity index (χ3n) is 2.24. The first-order valence-corrected chi connectivity index (χ1v) is 6.68. The van der Waals surface area contributed by atoms with E-state index in [1.165, 1.54) is 23.5 Å². The predicted molar refractivity (Wildman–Crippen MR) is 73.4 cm³/mol. The number of hydrogen-bond donors (Lipinski definition) is 2. The Morgan fingerprint density at radius 3 is 2.61 bits per heavy atom. The maximum absolute atomic E-state index is 11.8. The summed E-state index contributed by atoms with van der Waals surface area (Å²) in [4.78, 5) is 22.7. The number of halogens is 1. The Bertz CT molecular complexity index is 595. The zero-order valence-corrected chi connectivity index (χ0v) is 11.4. The van der Waals surface area contributed by atoms with Crippen molar-refractivity contribution in [3.05, 3.63) is 50.6 Å². The second-order valence-electron chi connectivity index (χ2n) is 3.47. The van der Waals surface area contributed by atoms with Gasteiger partial charge in [0, 0.05) is 9.85 Å². The Balaban J connectivity index is 2.26. The summed E-state index contributed by atoms with van der Waals surface area (Å²) in [5, 5.41) is 15.1. The van der Waals surface area contributed by atoms with Crippen LogP contribution in [0.3, 0.4) is 0 Å². The van der Waals surface area contributed by atoms with E-state index in [1.807, 2.05) is 0 Å². The minimum absolute atomic E-state index is 0.124. The summed E-state index contributed by atoms with van der Waals surface area (Å²) >= 11 is 4.69. The van der Waals surface area contributed by atoms with Crippen LogP contribution >= 0.6 is 27.3 Å². The average molecular weight is 326 g/mol. The van der Waals surface area contributed by atoms with E-state index in [1.54, 1.807) is 22.9 Å². The molecule has 0 atom stereocenters. The molecular weight excluding hydrogens is 318 g/mol. The monoisotopic (exact) mass is 325 g/mol. The van der Waals surface area contributed by atoms with Crippen molar-refractivity contribution in [2.75, 3.05) is 5.32 Å². The van der Waals surface area contributed by atoms with Crippen LogP contribution in [0.2, 0.25) is 0 Å². The molecule has 1 aromatic heterocycles. The van der Waals surface area contributed by atoms with Gasteiger partial charge in [0.2, 0.25) is 0 Å². The molecule has 0 unspecified atom stereocenters. The molecule has 2 aromatic rings. The summed E-state index contributed by atoms with van der Waals surface area (Å²) in [7, 11) is 0. The van der Waals surface area contributed by atoms with Gasteiger partial charge < -0.3 is 10.4 Å². The number of nitrogens with one attached hydrogen (secondary N) is 1. The summed E-state index contributed by atoms with van der Waals surface area (Å²) in [5.74, 6) is -1.30. The fourth-order valence-corrected chi connectivity index (χ4v) is 2.32. The molecule has 18 heavy (non-hydrogen) atoms. The summed E-state index contributed by atoms with van der Waals surface area (Å²) in [6.45, 7) is 0. The summed E-state index contributed by atoms with van der Waals surface area (Å²) in [5.41, 5.74) is 1.11. The van der Waals surface area contributed by atoms with Crippen molar-refractivity contribution in [1.29, 1.82) is 0 Å². The van der Waals surface area contributed by atoms with Gasteiger partial charge in [0.15, 0.2) is 0 Å². The predicted octanol–water partition coefficient (Wildman–Crippen LogP) is 3.46. The normalized spacial score (nSPS) is 10.1. The third kappa shape index (κ3) is 2.77. The molecule has 1 amide bonds. The van der Waals surface area contributed by atoms with Crippen LogP contribution < -0.4 is 5.32 Å². The van der Waals surface area contributed by atoms with Crippen LogP contribution in [-0.4, -0.2) is 17.0 Å². The second kappa shape index (κ2) is 5.32. The molecular formula is C12H8BrNO3S. The third-order valence-corrected chi connectivity index (χ3v) is 3.62. The number of thiophene rings is 1. The van der Waals surface area contributed by atoms with Gasteiger partial charge in [-0.1, -0.05) is 0 Å². The number of carbonyl (C=O) groups excluding carboxylic acids is 1. The second-order valence-corrected chi connectivity index (χ2v) is 5.10. The van der Waals surface area contributed by atoms with Crippen molar-refractivity contribution in [2.24, 2.45) is 0 Å². The fraction of sp³-hybridized carbons (Fsp3) is 0. The van der Waals surface area contributed by atoms with Gasteiger partial charge in [0.25, 0.3) is 5.91 Å². The van der Waals surface area contributed by atoms with E-state index in [4.69, 9.17) is 5.11 Å². The quantitative estimate of drug-likeness (QED) is 0.908. The zero-order valence-electron chi connectivity index (χ0n) is 9.01. The van der Waals surface area contributed by atoms with Crippen LogP contribution in [0.5, 0.6) is 0 Å². The molecule has 0 radical (unpaired) electrons. The maximum atomic E-state index is 11.8. The van der Waals surface area contributed by atoms with Crippen LogP contribution in [0.25, 0.3) is 0 Å². The molecule has 0 saturated heterocycles. The molecule has 0 aliphatic carbocycles. The van der Waals surface area contributed by atoms with Crippen molar-refractivity contribution < 1.29 is 14.7 Å². The van der Waals surface area contributed by atoms with E-state index in [9.17, 15) is 9.59 Å². The molecule has 0 aliphatic heterocycles. The number of hydrogen-bond acceptors (Lipinski definition) is 3. The highest BCUT2D eigenvalue weighted by atomic mass is 79.9. The number of benzene rings is 1. The van der Waals surface area contributed by atoms with E-state index in [2.05, 4.69) is 21.2 Å². The highest BCUT2D eigenvalue weighted by molar-refractivity contribution is 9.10. The molecule has 92 valence electrons. The van der Waals surface area contributed by atoms with E-state index in [-0.39, 0.29) is 11.5 Å². The molecule has 2 N–H and O–H groups in total. The lowest BCUT2D eigenvalue weighted by atomic mass is 10.2. The molecule has 1 heterocycles. The van der Waals surface area contributed by atoms with Gasteiger partial charge in [0.05, 0.1) is 16.8 Å². The maximum Gasteiger partial charge on any atom is 0.335 e. The van der Waals surface area contributed by atoms with Crippen LogP contribution in [0.15, 0.2) is 39.5 Å². The molecule has 0 aliphatic rings. The van der Waals surface area contributed by atoms with Crippen molar-refractivity contribution in [3.63, 3.8) is 0 Å². The molecule has 1 aromatic carbocycles. The highest BCUT2D eigenvalue weighted by Gasteiger charge is 2.11. The minimum atomic E-state index is -1.03. The lowest BCUT2D eigenvalue weighted by Crippen LogP contribution is -2.12. The number of carboxylic acid groups (broad SMARTS) is 1. The van der Waals surface area contributed by atoms with Crippen LogP contribution in [0.1, 0.15) is 20.7 Å². The van der Waals surface area contributed by atoms with Crippen LogP contribution in [-0.2, 0) is 0 Å². The van der Waals surface area contributed by atoms with Crippen molar-refractivity contribution in [1.82, 2.24) is 0 Å². The lowest BCUT2D eigenvalue weighted by Gasteiger charge is -2.07. The van der Waals surface area contributed by atoms with Gasteiger partial charge in [-0.05, 0) is 45.6 Å². The molecule has 0 spiro atoms. The number of carboxylic acids is 1. The van der Waals surface area contributed by atoms with E-state index in [0.29, 0.717) is 15.7 Å². The van der Waals surface area contributed by atoms with Gasteiger partial charge in [-0.25, -0.2) is 4.79 Å². The standard InChI is InChI=1S/C12H8BrNO3S/c13-9-2-1-7(12(16)17)5-10(9)14-11(15)8-3-4-18-6-8/h1-6H,(H,14,15)(H,16,17). The zero-order chi connectivity index (χ0) is 13.1. The molecule has 0 bridgehead atoms. The molecule has 0 saturated carbocycles. The Morgan fingerprint density at radius 1 is 1.22 bits per heavy atom. The number of rotatable bonds is 3. The van der Waals surface area contributed by atoms with E-state index < -0.39 is 5.97 Å². The molecule has 6 heteroatoms. The number of anilines is 1. The first-order chi connectivity index (χ1) is 8.58. The van der Waals surface area contributed by atoms with Gasteiger partial charge in [-0.2, -0.15) is 11.3 Å². The molecule has 4 nitrogen and oxygen atoms in total. The van der Waals surface area contributed by atoms with Gasteiger partial charge in [0.1, 0.15) is 0 Å². The number of carbonyl (C=O) groups is 2. The Hall–Kier alpha value is -1.66. The Labute approximate surface area is 115 Å². The number of aromatic carboxylic acids is 1. The topological polar surface area (TPSA) is 66.4 Å². The summed E-state index contributed by atoms with van der Waals surface area (Å²) in [6.07, 6.45) is 0. The van der Waals surface area contributed by atoms with Crippen molar-refractivity contribution in [3.8, 4) is 0 Å². The van der Waals surface area contributed by atoms with Crippen molar-refractivity contribution >= 4 is 44.8 Å². The lowest BCUT2D eigenvalue weighted by molar-refractivity contribution is 0.0696. The largest absolute Gasteiger partial charge is 0.478 e. The molecule has 2 rings (SSSR count). The smallest absolute Gasteiger partial charge is 0.335 e. The average Bonchev–Trinajstić information content (AvgIpc) is 2.85. The van der Waals surface area contributed by atoms with E-state index >= 15 is 0 Å². The molecule has 0 fully saturated rings. The van der Waals surface area contributed by atoms with Crippen LogP contribution in [0, 0.1) is 0 Å². The van der Waals surface area contributed by atoms with E-state index in [0.717, 1.165) is 0 Å². The Morgan fingerprint density at radius 2 is 2.00 bits per heavy atom. The van der Waals surface area contributed by atoms with Gasteiger partial charge >= 0.3 is 5.97 Å². The first-order valence-electron chi connectivity index (χ1n) is 4.94. The minimum Gasteiger partial charge on any atom is -0.478 e.